The molecule has 46 heavy (non-hydrogen) atoms. The molecule has 9 heteroatoms. The van der Waals surface area contributed by atoms with Crippen molar-refractivity contribution in [3.63, 3.8) is 0 Å². The van der Waals surface area contributed by atoms with Crippen molar-refractivity contribution in [1.82, 2.24) is 0 Å². The van der Waals surface area contributed by atoms with Crippen LogP contribution in [0.2, 0.25) is 0 Å². The van der Waals surface area contributed by atoms with E-state index in [1.807, 2.05) is 6.08 Å². The summed E-state index contributed by atoms with van der Waals surface area (Å²) in [7, 11) is 0. The van der Waals surface area contributed by atoms with Gasteiger partial charge in [0.1, 0.15) is 30.5 Å². The van der Waals surface area contributed by atoms with Gasteiger partial charge < -0.3 is 40.1 Å². The van der Waals surface area contributed by atoms with E-state index in [2.05, 4.69) is 27.7 Å². The van der Waals surface area contributed by atoms with Crippen LogP contribution in [0.1, 0.15) is 143 Å². The Labute approximate surface area is 279 Å². The molecule has 1 saturated heterocycles. The molecule has 0 aliphatic carbocycles. The highest BCUT2D eigenvalue weighted by Gasteiger charge is 2.44. The van der Waals surface area contributed by atoms with Crippen LogP contribution in [-0.2, 0) is 14.3 Å². The molecule has 1 rings (SSSR count). The van der Waals surface area contributed by atoms with Gasteiger partial charge in [0, 0.05) is 0 Å². The van der Waals surface area contributed by atoms with Crippen molar-refractivity contribution in [2.24, 2.45) is 17.8 Å². The topological polar surface area (TPSA) is 157 Å². The predicted octanol–water partition coefficient (Wildman–Crippen LogP) is 5.60. The molecule has 0 aromatic heterocycles. The van der Waals surface area contributed by atoms with E-state index in [-0.39, 0.29) is 13.0 Å². The molecule has 8 atom stereocenters. The smallest absolute Gasteiger partial charge is 0.186 e. The van der Waals surface area contributed by atoms with Crippen molar-refractivity contribution < 1.29 is 44.9 Å². The van der Waals surface area contributed by atoms with E-state index in [0.717, 1.165) is 50.4 Å². The van der Waals surface area contributed by atoms with Crippen molar-refractivity contribution in [1.29, 1.82) is 0 Å². The number of hydrogen-bond acceptors (Lipinski definition) is 9. The van der Waals surface area contributed by atoms with E-state index < -0.39 is 61.2 Å². The van der Waals surface area contributed by atoms with Gasteiger partial charge in [-0.15, -0.1) is 0 Å². The van der Waals surface area contributed by atoms with Crippen LogP contribution < -0.4 is 0 Å². The highest BCUT2D eigenvalue weighted by Crippen LogP contribution is 2.24. The maximum atomic E-state index is 13.3. The number of ether oxygens (including phenoxy) is 2. The molecule has 0 aromatic rings. The Bertz CT molecular complexity index is 772. The fraction of sp³-hybridized carbons (Fsp3) is 0.919. The molecule has 0 aromatic carbocycles. The van der Waals surface area contributed by atoms with Gasteiger partial charge in [-0.1, -0.05) is 136 Å². The number of carbonyl (C=O) groups excluding carboxylic acids is 1. The SMILES string of the molecule is CC(C)CCCCCCCC/C=C/[C@@H](O)[C@H](CO[C@@H]1O[C@H](CO)[C@H](O)[C@H](O)[C@H]1O)C(=O)[C@H](O)CCCCCCCCCCC(C)C. The monoisotopic (exact) mass is 659 g/mol. The van der Waals surface area contributed by atoms with Crippen molar-refractivity contribution in [3.05, 3.63) is 12.2 Å². The first-order valence-electron chi connectivity index (χ1n) is 18.5. The summed E-state index contributed by atoms with van der Waals surface area (Å²) in [5, 5.41) is 61.7. The Balaban J connectivity index is 2.60. The van der Waals surface area contributed by atoms with Gasteiger partial charge in [0.2, 0.25) is 0 Å². The molecule has 1 aliphatic rings. The lowest BCUT2D eigenvalue weighted by Gasteiger charge is -2.40. The minimum Gasteiger partial charge on any atom is -0.394 e. The van der Waals surface area contributed by atoms with Crippen LogP contribution in [0, 0.1) is 17.8 Å². The highest BCUT2D eigenvalue weighted by atomic mass is 16.7. The second kappa shape index (κ2) is 26.0. The Morgan fingerprint density at radius 2 is 1.17 bits per heavy atom. The molecule has 1 heterocycles. The summed E-state index contributed by atoms with van der Waals surface area (Å²) in [5.41, 5.74) is 0. The first-order valence-corrected chi connectivity index (χ1v) is 18.5. The van der Waals surface area contributed by atoms with E-state index in [9.17, 15) is 35.4 Å². The van der Waals surface area contributed by atoms with Crippen LogP contribution in [0.3, 0.4) is 0 Å². The summed E-state index contributed by atoms with van der Waals surface area (Å²) in [6.45, 7) is 8.03. The van der Waals surface area contributed by atoms with Gasteiger partial charge in [-0.2, -0.15) is 0 Å². The predicted molar refractivity (Wildman–Crippen MR) is 182 cm³/mol. The van der Waals surface area contributed by atoms with Gasteiger partial charge in [-0.3, -0.25) is 4.79 Å². The van der Waals surface area contributed by atoms with Gasteiger partial charge in [0.25, 0.3) is 0 Å². The zero-order valence-electron chi connectivity index (χ0n) is 29.5. The lowest BCUT2D eigenvalue weighted by Crippen LogP contribution is -2.59. The fourth-order valence-electron chi connectivity index (χ4n) is 5.98. The number of aliphatic hydroxyl groups excluding tert-OH is 6. The lowest BCUT2D eigenvalue weighted by atomic mass is 9.91. The zero-order valence-corrected chi connectivity index (χ0v) is 29.5. The van der Waals surface area contributed by atoms with Crippen LogP contribution in [0.5, 0.6) is 0 Å². The van der Waals surface area contributed by atoms with Crippen molar-refractivity contribution in [2.45, 2.75) is 186 Å². The number of aliphatic hydroxyl groups is 6. The maximum absolute atomic E-state index is 13.3. The molecular formula is C37H70O9. The molecule has 0 spiro atoms. The molecule has 272 valence electrons. The summed E-state index contributed by atoms with van der Waals surface area (Å²) < 4.78 is 11.0. The quantitative estimate of drug-likeness (QED) is 0.0465. The second-order valence-corrected chi connectivity index (χ2v) is 14.4. The second-order valence-electron chi connectivity index (χ2n) is 14.4. The largest absolute Gasteiger partial charge is 0.394 e. The summed E-state index contributed by atoms with van der Waals surface area (Å²) in [6, 6.07) is 0. The molecule has 0 saturated carbocycles. The molecule has 0 bridgehead atoms. The van der Waals surface area contributed by atoms with Crippen molar-refractivity contribution >= 4 is 5.78 Å². The molecule has 0 amide bonds. The molecule has 1 aliphatic heterocycles. The van der Waals surface area contributed by atoms with Crippen LogP contribution in [0.25, 0.3) is 0 Å². The minimum absolute atomic E-state index is 0.289. The summed E-state index contributed by atoms with van der Waals surface area (Å²) in [6.07, 6.45) is 13.0. The number of unbranched alkanes of at least 4 members (excludes halogenated alkanes) is 13. The van der Waals surface area contributed by atoms with Crippen LogP contribution in [-0.4, -0.2) is 92.5 Å². The Morgan fingerprint density at radius 3 is 1.67 bits per heavy atom. The fourth-order valence-corrected chi connectivity index (χ4v) is 5.98. The Hall–Kier alpha value is -0.910. The summed E-state index contributed by atoms with van der Waals surface area (Å²) >= 11 is 0. The lowest BCUT2D eigenvalue weighted by molar-refractivity contribution is -0.303. The number of rotatable bonds is 28. The van der Waals surface area contributed by atoms with Gasteiger partial charge in [-0.05, 0) is 31.1 Å². The van der Waals surface area contributed by atoms with Gasteiger partial charge in [-0.25, -0.2) is 0 Å². The van der Waals surface area contributed by atoms with Crippen LogP contribution >= 0.6 is 0 Å². The number of hydrogen-bond donors (Lipinski definition) is 6. The third-order valence-corrected chi connectivity index (χ3v) is 9.14. The minimum atomic E-state index is -1.62. The molecule has 9 nitrogen and oxygen atoms in total. The molecule has 0 unspecified atom stereocenters. The van der Waals surface area contributed by atoms with E-state index in [1.165, 1.54) is 64.2 Å². The van der Waals surface area contributed by atoms with Crippen molar-refractivity contribution in [2.75, 3.05) is 13.2 Å². The molecule has 1 fully saturated rings. The first kappa shape index (κ1) is 43.1. The molecule has 0 radical (unpaired) electrons. The molecule has 6 N–H and O–H groups in total. The third-order valence-electron chi connectivity index (χ3n) is 9.14. The van der Waals surface area contributed by atoms with E-state index in [0.29, 0.717) is 6.42 Å². The first-order chi connectivity index (χ1) is 22.0. The average molecular weight is 659 g/mol. The standard InChI is InChI=1S/C37H70O9/c1-27(2)21-17-13-9-5-7-11-15-19-23-30(39)29(26-45-37-36(44)35(43)34(42)32(25-38)46-37)33(41)31(40)24-20-16-12-8-6-10-14-18-22-28(3)4/h19,23,27-32,34-40,42-44H,5-18,20-22,24-26H2,1-4H3/b23-19+/t29-,30+,31+,32+,34-,35-,36+,37+/m0/s1. The highest BCUT2D eigenvalue weighted by molar-refractivity contribution is 5.86. The number of carbonyl (C=O) groups is 1. The van der Waals surface area contributed by atoms with E-state index >= 15 is 0 Å². The molecular weight excluding hydrogens is 588 g/mol. The third kappa shape index (κ3) is 18.6. The number of ketones is 1. The Kier molecular flexibility index (Phi) is 24.4. The summed E-state index contributed by atoms with van der Waals surface area (Å²) in [4.78, 5) is 13.3. The Morgan fingerprint density at radius 1 is 0.696 bits per heavy atom. The van der Waals surface area contributed by atoms with Gasteiger partial charge >= 0.3 is 0 Å². The van der Waals surface area contributed by atoms with E-state index in [1.54, 1.807) is 6.08 Å². The van der Waals surface area contributed by atoms with Crippen molar-refractivity contribution in [3.8, 4) is 0 Å². The number of allylic oxidation sites excluding steroid dienone is 1. The average Bonchev–Trinajstić information content (AvgIpc) is 3.02. The van der Waals surface area contributed by atoms with Gasteiger partial charge in [0.15, 0.2) is 12.1 Å². The summed E-state index contributed by atoms with van der Waals surface area (Å²) in [5.74, 6) is -0.159. The normalized spacial score (nSPS) is 24.2. The maximum Gasteiger partial charge on any atom is 0.186 e. The zero-order chi connectivity index (χ0) is 34.3. The number of Topliss-reactive ketones (excluding diaryl/α,β-unsaturated/α-hetero) is 1. The van der Waals surface area contributed by atoms with E-state index in [4.69, 9.17) is 9.47 Å². The van der Waals surface area contributed by atoms with Crippen LogP contribution in [0.15, 0.2) is 12.2 Å². The van der Waals surface area contributed by atoms with Gasteiger partial charge in [0.05, 0.1) is 25.2 Å². The van der Waals surface area contributed by atoms with Crippen LogP contribution in [0.4, 0.5) is 0 Å².